The van der Waals surface area contributed by atoms with Crippen LogP contribution in [0.2, 0.25) is 0 Å². The Kier molecular flexibility index (Phi) is 2.54. The van der Waals surface area contributed by atoms with Crippen LogP contribution in [0.1, 0.15) is 32.1 Å². The Balaban J connectivity index is 1.85. The normalized spacial score (nSPS) is 49.3. The van der Waals surface area contributed by atoms with Gasteiger partial charge in [0.25, 0.3) is 0 Å². The van der Waals surface area contributed by atoms with E-state index in [1.807, 2.05) is 0 Å². The number of nitrogens with two attached hydrogens (primary N) is 1. The molecule has 3 saturated carbocycles. The average molecular weight is 225 g/mol. The van der Waals surface area contributed by atoms with Crippen molar-refractivity contribution in [1.29, 1.82) is 0 Å². The van der Waals surface area contributed by atoms with E-state index in [1.54, 1.807) is 14.2 Å². The Morgan fingerprint density at radius 1 is 1.06 bits per heavy atom. The van der Waals surface area contributed by atoms with Crippen LogP contribution in [0.4, 0.5) is 0 Å². The smallest absolute Gasteiger partial charge is 0.0838 e. The zero-order valence-corrected chi connectivity index (χ0v) is 10.3. The Hall–Kier alpha value is -0.120. The largest absolute Gasteiger partial charge is 0.379 e. The second-order valence-corrected chi connectivity index (χ2v) is 5.99. The van der Waals surface area contributed by atoms with Gasteiger partial charge in [-0.3, -0.25) is 0 Å². The monoisotopic (exact) mass is 225 g/mol. The highest BCUT2D eigenvalue weighted by Gasteiger charge is 2.61. The van der Waals surface area contributed by atoms with Crippen molar-refractivity contribution < 1.29 is 9.47 Å². The summed E-state index contributed by atoms with van der Waals surface area (Å²) in [5, 5.41) is 0. The zero-order valence-electron chi connectivity index (χ0n) is 10.3. The van der Waals surface area contributed by atoms with E-state index in [4.69, 9.17) is 15.2 Å². The molecule has 16 heavy (non-hydrogen) atoms. The van der Waals surface area contributed by atoms with Crippen molar-refractivity contribution in [3.63, 3.8) is 0 Å². The van der Waals surface area contributed by atoms with Gasteiger partial charge >= 0.3 is 0 Å². The minimum Gasteiger partial charge on any atom is -0.379 e. The molecule has 0 aromatic carbocycles. The van der Waals surface area contributed by atoms with Gasteiger partial charge in [-0.25, -0.2) is 0 Å². The third-order valence-electron chi connectivity index (χ3n) is 5.64. The van der Waals surface area contributed by atoms with Gasteiger partial charge in [0.2, 0.25) is 0 Å². The zero-order chi connectivity index (χ0) is 11.3. The minimum absolute atomic E-state index is 0.260. The van der Waals surface area contributed by atoms with Crippen molar-refractivity contribution >= 4 is 0 Å². The molecule has 0 aliphatic heterocycles. The second-order valence-electron chi connectivity index (χ2n) is 5.99. The average Bonchev–Trinajstić information content (AvgIpc) is 2.97. The van der Waals surface area contributed by atoms with Crippen molar-refractivity contribution in [3.05, 3.63) is 0 Å². The summed E-state index contributed by atoms with van der Waals surface area (Å²) in [7, 11) is 3.60. The number of rotatable bonds is 2. The lowest BCUT2D eigenvalue weighted by Gasteiger charge is -2.39. The van der Waals surface area contributed by atoms with Gasteiger partial charge in [-0.05, 0) is 49.4 Å². The van der Waals surface area contributed by atoms with Crippen LogP contribution in [0.15, 0.2) is 0 Å². The molecule has 0 aromatic heterocycles. The Bertz CT molecular complexity index is 265. The lowest BCUT2D eigenvalue weighted by atomic mass is 9.69. The molecule has 2 N–H and O–H groups in total. The van der Waals surface area contributed by atoms with Crippen molar-refractivity contribution in [2.24, 2.45) is 23.0 Å². The molecule has 0 amide bonds. The summed E-state index contributed by atoms with van der Waals surface area (Å²) in [6.07, 6.45) is 6.84. The highest BCUT2D eigenvalue weighted by molar-refractivity contribution is 5.13. The quantitative estimate of drug-likeness (QED) is 0.775. The van der Waals surface area contributed by atoms with Gasteiger partial charge in [-0.15, -0.1) is 0 Å². The summed E-state index contributed by atoms with van der Waals surface area (Å²) >= 11 is 0. The molecule has 3 heteroatoms. The number of ether oxygens (including phenoxy) is 2. The van der Waals surface area contributed by atoms with Crippen LogP contribution >= 0.6 is 0 Å². The third kappa shape index (κ3) is 1.25. The summed E-state index contributed by atoms with van der Waals surface area (Å²) in [4.78, 5) is 0. The molecule has 3 aliphatic carbocycles. The van der Waals surface area contributed by atoms with E-state index in [1.165, 1.54) is 19.3 Å². The second kappa shape index (κ2) is 3.69. The maximum Gasteiger partial charge on any atom is 0.0838 e. The van der Waals surface area contributed by atoms with E-state index in [0.717, 1.165) is 24.7 Å². The molecule has 3 fully saturated rings. The fourth-order valence-corrected chi connectivity index (χ4v) is 4.78. The molecule has 3 aliphatic rings. The molecule has 3 rings (SSSR count). The van der Waals surface area contributed by atoms with Gasteiger partial charge in [0.1, 0.15) is 0 Å². The summed E-state index contributed by atoms with van der Waals surface area (Å²) in [5.74, 6) is 1.61. The molecule has 3 nitrogen and oxygen atoms in total. The number of hydrogen-bond acceptors (Lipinski definition) is 3. The summed E-state index contributed by atoms with van der Waals surface area (Å²) in [6, 6.07) is 0.393. The molecule has 0 heterocycles. The lowest BCUT2D eigenvalue weighted by Crippen LogP contribution is -2.45. The highest BCUT2D eigenvalue weighted by atomic mass is 16.5. The predicted octanol–water partition coefficient (Wildman–Crippen LogP) is 1.55. The molecule has 92 valence electrons. The van der Waals surface area contributed by atoms with Crippen LogP contribution in [-0.2, 0) is 9.47 Å². The maximum atomic E-state index is 6.48. The highest BCUT2D eigenvalue weighted by Crippen LogP contribution is 2.62. The van der Waals surface area contributed by atoms with Crippen LogP contribution in [-0.4, -0.2) is 32.5 Å². The van der Waals surface area contributed by atoms with Crippen LogP contribution < -0.4 is 5.73 Å². The first-order chi connectivity index (χ1) is 7.71. The Labute approximate surface area is 97.7 Å². The van der Waals surface area contributed by atoms with Gasteiger partial charge in [0.15, 0.2) is 0 Å². The fourth-order valence-electron chi connectivity index (χ4n) is 4.78. The summed E-state index contributed by atoms with van der Waals surface area (Å²) in [5.41, 5.74) is 6.82. The van der Waals surface area contributed by atoms with Crippen LogP contribution in [0.3, 0.4) is 0 Å². The number of methoxy groups -OCH3 is 2. The first kappa shape index (κ1) is 11.0. The van der Waals surface area contributed by atoms with Crippen molar-refractivity contribution in [2.45, 2.75) is 50.4 Å². The van der Waals surface area contributed by atoms with Crippen LogP contribution in [0.25, 0.3) is 0 Å². The molecule has 5 atom stereocenters. The van der Waals surface area contributed by atoms with Gasteiger partial charge in [0, 0.05) is 20.3 Å². The van der Waals surface area contributed by atoms with Gasteiger partial charge in [-0.1, -0.05) is 0 Å². The van der Waals surface area contributed by atoms with E-state index in [-0.39, 0.29) is 12.2 Å². The van der Waals surface area contributed by atoms with E-state index >= 15 is 0 Å². The summed E-state index contributed by atoms with van der Waals surface area (Å²) in [6.45, 7) is 0. The molecule has 0 saturated heterocycles. The minimum atomic E-state index is 0.260. The molecule has 0 unspecified atom stereocenters. The van der Waals surface area contributed by atoms with Gasteiger partial charge in [-0.2, -0.15) is 0 Å². The Morgan fingerprint density at radius 3 is 2.12 bits per heavy atom. The summed E-state index contributed by atoms with van der Waals surface area (Å²) < 4.78 is 11.2. The van der Waals surface area contributed by atoms with E-state index in [2.05, 4.69) is 0 Å². The lowest BCUT2D eigenvalue weighted by molar-refractivity contribution is -0.0157. The fraction of sp³-hybridized carbons (Fsp3) is 1.00. The Morgan fingerprint density at radius 2 is 1.69 bits per heavy atom. The van der Waals surface area contributed by atoms with E-state index in [9.17, 15) is 0 Å². The molecular formula is C13H23NO2. The molecule has 1 spiro atoms. The van der Waals surface area contributed by atoms with Crippen LogP contribution in [0, 0.1) is 17.3 Å². The number of hydrogen-bond donors (Lipinski definition) is 1. The number of fused-ring (bicyclic) bond motifs is 3. The maximum absolute atomic E-state index is 6.48. The van der Waals surface area contributed by atoms with E-state index < -0.39 is 0 Å². The third-order valence-corrected chi connectivity index (χ3v) is 5.64. The van der Waals surface area contributed by atoms with E-state index in [0.29, 0.717) is 11.5 Å². The predicted molar refractivity (Wildman–Crippen MR) is 62.1 cm³/mol. The first-order valence-electron chi connectivity index (χ1n) is 6.52. The molecule has 2 bridgehead atoms. The molecular weight excluding hydrogens is 202 g/mol. The molecule has 0 aromatic rings. The standard InChI is InChI=1S/C13H23NO2/c1-15-10-6-13(7-11(10)16-2)9-4-3-8(5-9)12(13)14/h8-12H,3-7,14H2,1-2H3/t8-,9+,10+,11+,12-/m1/s1. The first-order valence-corrected chi connectivity index (χ1v) is 6.52. The topological polar surface area (TPSA) is 44.5 Å². The molecule has 0 radical (unpaired) electrons. The van der Waals surface area contributed by atoms with Crippen molar-refractivity contribution in [2.75, 3.05) is 14.2 Å². The van der Waals surface area contributed by atoms with Crippen molar-refractivity contribution in [3.8, 4) is 0 Å². The van der Waals surface area contributed by atoms with Gasteiger partial charge < -0.3 is 15.2 Å². The van der Waals surface area contributed by atoms with Crippen molar-refractivity contribution in [1.82, 2.24) is 0 Å². The van der Waals surface area contributed by atoms with Crippen LogP contribution in [0.5, 0.6) is 0 Å². The SMILES string of the molecule is CO[C@H]1CC2(C[C@@H]1OC)[C@H]1CC[C@H](C1)[C@H]2N. The van der Waals surface area contributed by atoms with Gasteiger partial charge in [0.05, 0.1) is 12.2 Å².